The van der Waals surface area contributed by atoms with Gasteiger partial charge in [0.15, 0.2) is 0 Å². The van der Waals surface area contributed by atoms with E-state index < -0.39 is 10.0 Å². The first-order valence-corrected chi connectivity index (χ1v) is 12.1. The monoisotopic (exact) mass is 441 g/mol. The van der Waals surface area contributed by atoms with Gasteiger partial charge in [0.2, 0.25) is 0 Å². The first kappa shape index (κ1) is 19.4. The van der Waals surface area contributed by atoms with Gasteiger partial charge < -0.3 is 4.57 Å². The zero-order valence-corrected chi connectivity index (χ0v) is 17.7. The highest BCUT2D eigenvalue weighted by molar-refractivity contribution is 7.91. The SMILES string of the molecule is O=S(=O)(c1cccs1)N1CCC[C@@H]1c1nc2ccccc2n1Cc1ccccc1F. The molecule has 4 aromatic rings. The Labute approximate surface area is 178 Å². The molecule has 1 atom stereocenters. The number of aromatic nitrogens is 2. The van der Waals surface area contributed by atoms with Gasteiger partial charge in [0.05, 0.1) is 23.6 Å². The van der Waals surface area contributed by atoms with Gasteiger partial charge in [-0.15, -0.1) is 11.3 Å². The highest BCUT2D eigenvalue weighted by atomic mass is 32.2. The minimum Gasteiger partial charge on any atom is -0.322 e. The van der Waals surface area contributed by atoms with Crippen LogP contribution >= 0.6 is 11.3 Å². The molecule has 1 aliphatic rings. The van der Waals surface area contributed by atoms with Crippen LogP contribution in [0.5, 0.6) is 0 Å². The normalized spacial score (nSPS) is 17.7. The fourth-order valence-electron chi connectivity index (χ4n) is 4.12. The van der Waals surface area contributed by atoms with Gasteiger partial charge in [0.25, 0.3) is 10.0 Å². The molecule has 5 rings (SSSR count). The molecule has 0 N–H and O–H groups in total. The number of thiophene rings is 1. The highest BCUT2D eigenvalue weighted by Gasteiger charge is 2.39. The zero-order valence-electron chi connectivity index (χ0n) is 16.1. The Bertz CT molecular complexity index is 1300. The summed E-state index contributed by atoms with van der Waals surface area (Å²) in [6.07, 6.45) is 1.45. The fraction of sp³-hybridized carbons (Fsp3) is 0.227. The molecule has 1 aliphatic heterocycles. The summed E-state index contributed by atoms with van der Waals surface area (Å²) in [6, 6.07) is 17.3. The summed E-state index contributed by atoms with van der Waals surface area (Å²) in [5.74, 6) is 0.382. The summed E-state index contributed by atoms with van der Waals surface area (Å²) in [5, 5.41) is 1.77. The maximum atomic E-state index is 14.4. The average molecular weight is 442 g/mol. The van der Waals surface area contributed by atoms with Crippen molar-refractivity contribution >= 4 is 32.4 Å². The largest absolute Gasteiger partial charge is 0.322 e. The van der Waals surface area contributed by atoms with Crippen LogP contribution in [0.3, 0.4) is 0 Å². The van der Waals surface area contributed by atoms with Crippen LogP contribution in [0.1, 0.15) is 30.3 Å². The maximum Gasteiger partial charge on any atom is 0.253 e. The first-order valence-electron chi connectivity index (χ1n) is 9.79. The number of rotatable bonds is 5. The number of benzene rings is 2. The predicted octanol–water partition coefficient (Wildman–Crippen LogP) is 4.81. The molecule has 0 unspecified atom stereocenters. The second kappa shape index (κ2) is 7.61. The summed E-state index contributed by atoms with van der Waals surface area (Å²) >= 11 is 1.22. The fourth-order valence-corrected chi connectivity index (χ4v) is 6.90. The van der Waals surface area contributed by atoms with E-state index in [9.17, 15) is 12.8 Å². The van der Waals surface area contributed by atoms with E-state index in [0.717, 1.165) is 17.5 Å². The molecule has 5 nitrogen and oxygen atoms in total. The molecule has 0 radical (unpaired) electrons. The van der Waals surface area contributed by atoms with Crippen molar-refractivity contribution in [1.82, 2.24) is 13.9 Å². The van der Waals surface area contributed by atoms with Crippen LogP contribution in [-0.2, 0) is 16.6 Å². The van der Waals surface area contributed by atoms with E-state index in [2.05, 4.69) is 0 Å². The molecular weight excluding hydrogens is 421 g/mol. The number of hydrogen-bond donors (Lipinski definition) is 0. The van der Waals surface area contributed by atoms with Crippen LogP contribution in [0, 0.1) is 5.82 Å². The number of sulfonamides is 1. The zero-order chi connectivity index (χ0) is 20.7. The predicted molar refractivity (Wildman–Crippen MR) is 115 cm³/mol. The van der Waals surface area contributed by atoms with Crippen molar-refractivity contribution in [1.29, 1.82) is 0 Å². The lowest BCUT2D eigenvalue weighted by atomic mass is 10.2. The summed E-state index contributed by atoms with van der Waals surface area (Å²) in [5.41, 5.74) is 2.20. The molecule has 0 saturated carbocycles. The highest BCUT2D eigenvalue weighted by Crippen LogP contribution is 2.38. The van der Waals surface area contributed by atoms with Crippen molar-refractivity contribution < 1.29 is 12.8 Å². The standard InChI is InChI=1S/C22H20FN3O2S2/c23-17-8-2-1-7-16(17)15-25-19-10-4-3-9-18(19)24-22(25)20-11-5-13-26(20)30(27,28)21-12-6-14-29-21/h1-4,6-10,12,14,20H,5,11,13,15H2/t20-/m1/s1. The van der Waals surface area contributed by atoms with E-state index in [1.54, 1.807) is 40.0 Å². The third-order valence-electron chi connectivity index (χ3n) is 5.53. The summed E-state index contributed by atoms with van der Waals surface area (Å²) in [7, 11) is -3.60. The van der Waals surface area contributed by atoms with E-state index in [0.29, 0.717) is 35.1 Å². The third kappa shape index (κ3) is 3.25. The van der Waals surface area contributed by atoms with Gasteiger partial charge in [-0.1, -0.05) is 36.4 Å². The molecule has 2 aromatic heterocycles. The molecule has 154 valence electrons. The van der Waals surface area contributed by atoms with Crippen LogP contribution < -0.4 is 0 Å². The van der Waals surface area contributed by atoms with Crippen molar-refractivity contribution in [2.24, 2.45) is 0 Å². The number of fused-ring (bicyclic) bond motifs is 1. The molecule has 0 amide bonds. The molecule has 2 aromatic carbocycles. The molecule has 3 heterocycles. The number of imidazole rings is 1. The van der Waals surface area contributed by atoms with Crippen LogP contribution in [0.15, 0.2) is 70.3 Å². The Morgan fingerprint density at radius 2 is 1.87 bits per heavy atom. The van der Waals surface area contributed by atoms with Crippen LogP contribution in [0.4, 0.5) is 4.39 Å². The molecule has 0 aliphatic carbocycles. The van der Waals surface area contributed by atoms with Gasteiger partial charge in [0.1, 0.15) is 15.9 Å². The third-order valence-corrected chi connectivity index (χ3v) is 8.81. The van der Waals surface area contributed by atoms with Gasteiger partial charge in [-0.05, 0) is 42.5 Å². The lowest BCUT2D eigenvalue weighted by Crippen LogP contribution is -2.31. The van der Waals surface area contributed by atoms with Gasteiger partial charge in [0, 0.05) is 12.1 Å². The average Bonchev–Trinajstić information content (AvgIpc) is 3.50. The number of para-hydroxylation sites is 2. The van der Waals surface area contributed by atoms with Crippen molar-refractivity contribution in [3.05, 3.63) is 83.2 Å². The van der Waals surface area contributed by atoms with Crippen LogP contribution in [0.25, 0.3) is 11.0 Å². The number of hydrogen-bond acceptors (Lipinski definition) is 4. The summed E-state index contributed by atoms with van der Waals surface area (Å²) in [4.78, 5) is 4.80. The number of nitrogens with zero attached hydrogens (tertiary/aromatic N) is 3. The quantitative estimate of drug-likeness (QED) is 0.447. The van der Waals surface area contributed by atoms with Gasteiger partial charge >= 0.3 is 0 Å². The van der Waals surface area contributed by atoms with Crippen molar-refractivity contribution in [3.8, 4) is 0 Å². The molecule has 0 bridgehead atoms. The smallest absolute Gasteiger partial charge is 0.253 e. The summed E-state index contributed by atoms with van der Waals surface area (Å²) < 4.78 is 44.8. The van der Waals surface area contributed by atoms with E-state index in [-0.39, 0.29) is 11.9 Å². The van der Waals surface area contributed by atoms with Crippen molar-refractivity contribution in [3.63, 3.8) is 0 Å². The van der Waals surface area contributed by atoms with Crippen molar-refractivity contribution in [2.45, 2.75) is 29.6 Å². The van der Waals surface area contributed by atoms with E-state index in [4.69, 9.17) is 4.98 Å². The van der Waals surface area contributed by atoms with Gasteiger partial charge in [-0.2, -0.15) is 4.31 Å². The van der Waals surface area contributed by atoms with Gasteiger partial charge in [-0.25, -0.2) is 17.8 Å². The Morgan fingerprint density at radius 1 is 1.07 bits per heavy atom. The first-order chi connectivity index (χ1) is 14.6. The minimum atomic E-state index is -3.60. The van der Waals surface area contributed by atoms with Crippen LogP contribution in [-0.4, -0.2) is 28.8 Å². The molecule has 1 fully saturated rings. The Balaban J connectivity index is 1.63. The second-order valence-corrected chi connectivity index (χ2v) is 10.4. The lowest BCUT2D eigenvalue weighted by molar-refractivity contribution is 0.376. The molecule has 1 saturated heterocycles. The Hall–Kier alpha value is -2.55. The topological polar surface area (TPSA) is 55.2 Å². The summed E-state index contributed by atoms with van der Waals surface area (Å²) in [6.45, 7) is 0.750. The molecule has 8 heteroatoms. The maximum absolute atomic E-state index is 14.4. The van der Waals surface area contributed by atoms with E-state index in [1.807, 2.05) is 28.8 Å². The Kier molecular flexibility index (Phi) is 4.92. The lowest BCUT2D eigenvalue weighted by Gasteiger charge is -2.24. The van der Waals surface area contributed by atoms with Crippen molar-refractivity contribution in [2.75, 3.05) is 6.54 Å². The number of halogens is 1. The van der Waals surface area contributed by atoms with Gasteiger partial charge in [-0.3, -0.25) is 0 Å². The van der Waals surface area contributed by atoms with E-state index in [1.165, 1.54) is 17.4 Å². The van der Waals surface area contributed by atoms with Crippen LogP contribution in [0.2, 0.25) is 0 Å². The molecule has 0 spiro atoms. The van der Waals surface area contributed by atoms with E-state index >= 15 is 0 Å². The second-order valence-electron chi connectivity index (χ2n) is 7.34. The minimum absolute atomic E-state index is 0.282. The molecular formula is C22H20FN3O2S2. The Morgan fingerprint density at radius 3 is 2.67 bits per heavy atom. The molecule has 30 heavy (non-hydrogen) atoms.